The number of fused-ring (bicyclic) bond motifs is 1. The summed E-state index contributed by atoms with van der Waals surface area (Å²) in [6.07, 6.45) is 3.58. The first-order valence-corrected chi connectivity index (χ1v) is 12.9. The van der Waals surface area contributed by atoms with E-state index >= 15 is 0 Å². The van der Waals surface area contributed by atoms with Gasteiger partial charge in [-0.15, -0.1) is 0 Å². The molecular weight excluding hydrogens is 475 g/mol. The molecule has 2 aromatic carbocycles. The highest BCUT2D eigenvalue weighted by Gasteiger charge is 2.19. The Balaban J connectivity index is 1.16. The molecule has 1 aliphatic rings. The van der Waals surface area contributed by atoms with Crippen LogP contribution in [-0.2, 0) is 19.4 Å². The van der Waals surface area contributed by atoms with Crippen LogP contribution >= 0.6 is 11.6 Å². The van der Waals surface area contributed by atoms with Gasteiger partial charge in [0.15, 0.2) is 5.78 Å². The quantitative estimate of drug-likeness (QED) is 0.283. The van der Waals surface area contributed by atoms with Crippen LogP contribution in [0, 0.1) is 5.82 Å². The number of hydrogen-bond donors (Lipinski definition) is 0. The Morgan fingerprint density at radius 2 is 1.64 bits per heavy atom. The Hall–Kier alpha value is -3.22. The van der Waals surface area contributed by atoms with Crippen molar-refractivity contribution in [3.05, 3.63) is 100 Å². The maximum absolute atomic E-state index is 13.1. The molecule has 0 saturated carbocycles. The molecule has 0 amide bonds. The molecular formula is C29H30ClFN4O. The van der Waals surface area contributed by atoms with Gasteiger partial charge >= 0.3 is 0 Å². The molecule has 0 bridgehead atoms. The zero-order valence-electron chi connectivity index (χ0n) is 20.5. The molecule has 0 N–H and O–H groups in total. The number of anilines is 1. The van der Waals surface area contributed by atoms with Gasteiger partial charge in [0.1, 0.15) is 17.2 Å². The number of aromatic nitrogens is 2. The number of halogens is 2. The van der Waals surface area contributed by atoms with Crippen LogP contribution in [0.1, 0.15) is 40.7 Å². The Labute approximate surface area is 216 Å². The topological polar surface area (TPSA) is 40.9 Å². The summed E-state index contributed by atoms with van der Waals surface area (Å²) >= 11 is 6.17. The summed E-state index contributed by atoms with van der Waals surface area (Å²) in [6.45, 7) is 6.71. The number of benzene rings is 2. The Bertz CT molecular complexity index is 1340. The molecule has 7 heteroatoms. The van der Waals surface area contributed by atoms with Crippen molar-refractivity contribution < 1.29 is 9.18 Å². The number of carbonyl (C=O) groups is 1. The van der Waals surface area contributed by atoms with Crippen LogP contribution in [0.4, 0.5) is 10.1 Å². The minimum Gasteiger partial charge on any atom is -0.369 e. The van der Waals surface area contributed by atoms with Crippen molar-refractivity contribution in [2.75, 3.05) is 31.1 Å². The molecule has 0 radical (unpaired) electrons. The van der Waals surface area contributed by atoms with Crippen LogP contribution in [0.15, 0.2) is 66.9 Å². The highest BCUT2D eigenvalue weighted by molar-refractivity contribution is 6.30. The molecule has 0 spiro atoms. The fraction of sp³-hybridized carbons (Fsp3) is 0.310. The monoisotopic (exact) mass is 504 g/mol. The molecule has 0 atom stereocenters. The standard InChI is InChI=1S/C29H30ClFN4O/c1-2-26-29(35-20-23(30)8-14-28(35)32-26)27(36)13-7-21-5-11-25(12-6-21)34-17-15-33(16-18-34)19-22-3-9-24(31)10-4-22/h3-6,8-12,14,20H,2,7,13,15-19H2,1H3. The van der Waals surface area contributed by atoms with Gasteiger partial charge in [0.25, 0.3) is 0 Å². The Kier molecular flexibility index (Phi) is 7.35. The maximum Gasteiger partial charge on any atom is 0.181 e. The second-order valence-corrected chi connectivity index (χ2v) is 9.75. The summed E-state index contributed by atoms with van der Waals surface area (Å²) in [5.41, 5.74) is 5.70. The molecule has 5 nitrogen and oxygen atoms in total. The van der Waals surface area contributed by atoms with Gasteiger partial charge in [-0.3, -0.25) is 14.1 Å². The molecule has 5 rings (SSSR count). The summed E-state index contributed by atoms with van der Waals surface area (Å²) in [6, 6.07) is 19.0. The number of Topliss-reactive ketones (excluding diaryl/α,β-unsaturated/α-hetero) is 1. The predicted octanol–water partition coefficient (Wildman–Crippen LogP) is 5.83. The lowest BCUT2D eigenvalue weighted by molar-refractivity contribution is 0.0976. The van der Waals surface area contributed by atoms with Crippen molar-refractivity contribution in [3.8, 4) is 0 Å². The summed E-state index contributed by atoms with van der Waals surface area (Å²) in [5.74, 6) is -0.106. The smallest absolute Gasteiger partial charge is 0.181 e. The number of carbonyl (C=O) groups excluding carboxylic acids is 1. The fourth-order valence-corrected chi connectivity index (χ4v) is 5.03. The molecule has 0 aliphatic carbocycles. The third kappa shape index (κ3) is 5.45. The van der Waals surface area contributed by atoms with E-state index in [1.165, 1.54) is 17.8 Å². The second kappa shape index (κ2) is 10.8. The van der Waals surface area contributed by atoms with E-state index in [9.17, 15) is 9.18 Å². The van der Waals surface area contributed by atoms with Crippen molar-refractivity contribution in [2.45, 2.75) is 32.7 Å². The third-order valence-corrected chi connectivity index (χ3v) is 7.11. The lowest BCUT2D eigenvalue weighted by atomic mass is 10.0. The average Bonchev–Trinajstić information content (AvgIpc) is 3.27. The van der Waals surface area contributed by atoms with Gasteiger partial charge in [-0.2, -0.15) is 0 Å². The van der Waals surface area contributed by atoms with Gasteiger partial charge in [0, 0.05) is 51.0 Å². The van der Waals surface area contributed by atoms with Gasteiger partial charge in [-0.25, -0.2) is 9.37 Å². The fourth-order valence-electron chi connectivity index (χ4n) is 4.87. The molecule has 4 aromatic rings. The molecule has 1 aliphatic heterocycles. The van der Waals surface area contributed by atoms with Crippen LogP contribution in [0.25, 0.3) is 5.65 Å². The number of imidazole rings is 1. The minimum atomic E-state index is -0.192. The van der Waals surface area contributed by atoms with Gasteiger partial charge < -0.3 is 4.90 Å². The van der Waals surface area contributed by atoms with Gasteiger partial charge in [0.2, 0.25) is 0 Å². The lowest BCUT2D eigenvalue weighted by Gasteiger charge is -2.36. The number of nitrogens with zero attached hydrogens (tertiary/aromatic N) is 4. The van der Waals surface area contributed by atoms with Crippen molar-refractivity contribution >= 4 is 28.7 Å². The van der Waals surface area contributed by atoms with E-state index in [4.69, 9.17) is 11.6 Å². The number of aryl methyl sites for hydroxylation is 2. The number of pyridine rings is 1. The maximum atomic E-state index is 13.1. The first kappa shape index (κ1) is 24.5. The van der Waals surface area contributed by atoms with Crippen LogP contribution in [0.5, 0.6) is 0 Å². The Morgan fingerprint density at radius 3 is 2.33 bits per heavy atom. The minimum absolute atomic E-state index is 0.0861. The number of rotatable bonds is 8. The largest absolute Gasteiger partial charge is 0.369 e. The van der Waals surface area contributed by atoms with Gasteiger partial charge in [-0.05, 0) is 60.4 Å². The highest BCUT2D eigenvalue weighted by Crippen LogP contribution is 2.22. The molecule has 36 heavy (non-hydrogen) atoms. The van der Waals surface area contributed by atoms with E-state index in [0.717, 1.165) is 55.2 Å². The third-order valence-electron chi connectivity index (χ3n) is 6.89. The van der Waals surface area contributed by atoms with Crippen LogP contribution in [0.3, 0.4) is 0 Å². The van der Waals surface area contributed by atoms with Crippen LogP contribution in [0.2, 0.25) is 5.02 Å². The summed E-state index contributed by atoms with van der Waals surface area (Å²) in [5, 5.41) is 0.587. The summed E-state index contributed by atoms with van der Waals surface area (Å²) in [7, 11) is 0. The first-order chi connectivity index (χ1) is 17.5. The van der Waals surface area contributed by atoms with E-state index in [2.05, 4.69) is 39.0 Å². The normalized spacial score (nSPS) is 14.5. The number of hydrogen-bond acceptors (Lipinski definition) is 4. The molecule has 1 fully saturated rings. The summed E-state index contributed by atoms with van der Waals surface area (Å²) in [4.78, 5) is 22.5. The number of ketones is 1. The summed E-state index contributed by atoms with van der Waals surface area (Å²) < 4.78 is 15.0. The zero-order valence-corrected chi connectivity index (χ0v) is 21.2. The van der Waals surface area contributed by atoms with E-state index in [0.29, 0.717) is 30.0 Å². The zero-order chi connectivity index (χ0) is 25.1. The molecule has 1 saturated heterocycles. The predicted molar refractivity (Wildman–Crippen MR) is 143 cm³/mol. The van der Waals surface area contributed by atoms with Crippen molar-refractivity contribution in [1.29, 1.82) is 0 Å². The lowest BCUT2D eigenvalue weighted by Crippen LogP contribution is -2.45. The van der Waals surface area contributed by atoms with Crippen molar-refractivity contribution in [1.82, 2.24) is 14.3 Å². The van der Waals surface area contributed by atoms with Crippen molar-refractivity contribution in [3.63, 3.8) is 0 Å². The average molecular weight is 505 g/mol. The second-order valence-electron chi connectivity index (χ2n) is 9.32. The highest BCUT2D eigenvalue weighted by atomic mass is 35.5. The molecule has 3 heterocycles. The Morgan fingerprint density at radius 1 is 0.944 bits per heavy atom. The van der Waals surface area contributed by atoms with Gasteiger partial charge in [-0.1, -0.05) is 42.8 Å². The van der Waals surface area contributed by atoms with Gasteiger partial charge in [0.05, 0.1) is 10.7 Å². The van der Waals surface area contributed by atoms with E-state index < -0.39 is 0 Å². The first-order valence-electron chi connectivity index (χ1n) is 12.5. The van der Waals surface area contributed by atoms with E-state index in [1.54, 1.807) is 12.3 Å². The van der Waals surface area contributed by atoms with Crippen molar-refractivity contribution in [2.24, 2.45) is 0 Å². The van der Waals surface area contributed by atoms with E-state index in [-0.39, 0.29) is 11.6 Å². The molecule has 0 unspecified atom stereocenters. The van der Waals surface area contributed by atoms with Crippen LogP contribution < -0.4 is 4.90 Å². The van der Waals surface area contributed by atoms with E-state index in [1.807, 2.05) is 29.5 Å². The molecule has 2 aromatic heterocycles. The molecule has 186 valence electrons. The number of piperazine rings is 1. The van der Waals surface area contributed by atoms with Crippen LogP contribution in [-0.4, -0.2) is 46.2 Å². The SMILES string of the molecule is CCc1nc2ccc(Cl)cn2c1C(=O)CCc1ccc(N2CCN(Cc3ccc(F)cc3)CC2)cc1.